The number of hydrogen-bond donors (Lipinski definition) is 1. The van der Waals surface area contributed by atoms with Crippen LogP contribution in [0.2, 0.25) is 0 Å². The Balaban J connectivity index is 2.14. The Morgan fingerprint density at radius 1 is 1.17 bits per heavy atom. The molecule has 18 heavy (non-hydrogen) atoms. The molecular formula is C12H12ClNO2S2. The first-order chi connectivity index (χ1) is 8.62. The molecule has 2 rings (SSSR count). The van der Waals surface area contributed by atoms with Gasteiger partial charge in [0.25, 0.3) is 10.0 Å². The molecule has 3 nitrogen and oxygen atoms in total. The highest BCUT2D eigenvalue weighted by Gasteiger charge is 2.14. The molecule has 2 aromatic rings. The summed E-state index contributed by atoms with van der Waals surface area (Å²) in [4.78, 5) is 0. The van der Waals surface area contributed by atoms with Crippen LogP contribution in [0, 0.1) is 0 Å². The van der Waals surface area contributed by atoms with Gasteiger partial charge in [0.1, 0.15) is 4.21 Å². The number of rotatable bonds is 5. The van der Waals surface area contributed by atoms with Gasteiger partial charge in [0.2, 0.25) is 0 Å². The van der Waals surface area contributed by atoms with Gasteiger partial charge in [0.15, 0.2) is 0 Å². The van der Waals surface area contributed by atoms with E-state index in [-0.39, 0.29) is 0 Å². The number of anilines is 1. The van der Waals surface area contributed by atoms with E-state index in [2.05, 4.69) is 4.72 Å². The van der Waals surface area contributed by atoms with Crippen molar-refractivity contribution in [3.05, 3.63) is 47.3 Å². The highest BCUT2D eigenvalue weighted by atomic mass is 35.5. The van der Waals surface area contributed by atoms with Crippen molar-refractivity contribution in [3.8, 4) is 0 Å². The predicted octanol–water partition coefficient (Wildman–Crippen LogP) is 3.33. The lowest BCUT2D eigenvalue weighted by Gasteiger charge is -2.06. The molecule has 0 aliphatic carbocycles. The summed E-state index contributed by atoms with van der Waals surface area (Å²) in [6.07, 6.45) is 0.777. The Bertz CT molecular complexity index is 592. The number of benzene rings is 1. The van der Waals surface area contributed by atoms with E-state index in [1.807, 2.05) is 12.1 Å². The lowest BCUT2D eigenvalue weighted by molar-refractivity contribution is 0.603. The summed E-state index contributed by atoms with van der Waals surface area (Å²) < 4.78 is 26.8. The van der Waals surface area contributed by atoms with Crippen LogP contribution < -0.4 is 4.72 Å². The molecular weight excluding hydrogens is 290 g/mol. The number of aryl methyl sites for hydroxylation is 1. The molecule has 0 radical (unpaired) electrons. The Labute approximate surface area is 115 Å². The van der Waals surface area contributed by atoms with Crippen molar-refractivity contribution in [1.29, 1.82) is 0 Å². The Morgan fingerprint density at radius 2 is 1.89 bits per heavy atom. The average molecular weight is 302 g/mol. The smallest absolute Gasteiger partial charge is 0.271 e. The Kier molecular flexibility index (Phi) is 4.27. The van der Waals surface area contributed by atoms with Crippen molar-refractivity contribution < 1.29 is 8.42 Å². The van der Waals surface area contributed by atoms with Gasteiger partial charge in [-0.2, -0.15) is 0 Å². The van der Waals surface area contributed by atoms with E-state index < -0.39 is 10.0 Å². The molecule has 0 spiro atoms. The van der Waals surface area contributed by atoms with Crippen molar-refractivity contribution in [3.63, 3.8) is 0 Å². The maximum absolute atomic E-state index is 12.0. The van der Waals surface area contributed by atoms with Crippen molar-refractivity contribution in [1.82, 2.24) is 0 Å². The van der Waals surface area contributed by atoms with Gasteiger partial charge in [-0.15, -0.1) is 22.9 Å². The van der Waals surface area contributed by atoms with E-state index in [9.17, 15) is 8.42 Å². The summed E-state index contributed by atoms with van der Waals surface area (Å²) in [6.45, 7) is 0. The number of nitrogens with one attached hydrogen (secondary N) is 1. The fourth-order valence-corrected chi connectivity index (χ4v) is 3.74. The summed E-state index contributed by atoms with van der Waals surface area (Å²) in [7, 11) is -3.45. The van der Waals surface area contributed by atoms with E-state index in [0.717, 1.165) is 12.0 Å². The van der Waals surface area contributed by atoms with E-state index in [1.54, 1.807) is 29.6 Å². The van der Waals surface area contributed by atoms with E-state index in [4.69, 9.17) is 11.6 Å². The van der Waals surface area contributed by atoms with E-state index in [0.29, 0.717) is 15.8 Å². The normalized spacial score (nSPS) is 11.4. The molecule has 1 aromatic carbocycles. The third-order valence-corrected chi connectivity index (χ3v) is 5.32. The first-order valence-electron chi connectivity index (χ1n) is 5.33. The average Bonchev–Trinajstić information content (AvgIpc) is 2.86. The largest absolute Gasteiger partial charge is 0.279 e. The first-order valence-corrected chi connectivity index (χ1v) is 8.23. The van der Waals surface area contributed by atoms with Crippen molar-refractivity contribution in [2.45, 2.75) is 10.6 Å². The second kappa shape index (κ2) is 5.73. The van der Waals surface area contributed by atoms with Gasteiger partial charge in [-0.3, -0.25) is 4.72 Å². The van der Waals surface area contributed by atoms with Crippen LogP contribution in [0.1, 0.15) is 5.56 Å². The molecule has 1 aromatic heterocycles. The summed E-state index contributed by atoms with van der Waals surface area (Å²) in [5.41, 5.74) is 1.64. The fourth-order valence-electron chi connectivity index (χ4n) is 1.47. The number of hydrogen-bond acceptors (Lipinski definition) is 3. The molecule has 0 saturated carbocycles. The molecule has 0 aliphatic rings. The zero-order valence-corrected chi connectivity index (χ0v) is 11.9. The fraction of sp³-hybridized carbons (Fsp3) is 0.167. The molecule has 0 aliphatic heterocycles. The lowest BCUT2D eigenvalue weighted by Crippen LogP contribution is -2.11. The zero-order chi connectivity index (χ0) is 13.0. The van der Waals surface area contributed by atoms with Gasteiger partial charge in [-0.05, 0) is 35.6 Å². The highest BCUT2D eigenvalue weighted by molar-refractivity contribution is 7.94. The highest BCUT2D eigenvalue weighted by Crippen LogP contribution is 2.20. The van der Waals surface area contributed by atoms with Gasteiger partial charge in [0.05, 0.1) is 0 Å². The molecule has 96 valence electrons. The second-order valence-corrected chi connectivity index (χ2v) is 6.91. The third-order valence-electron chi connectivity index (χ3n) is 2.35. The Morgan fingerprint density at radius 3 is 2.44 bits per heavy atom. The topological polar surface area (TPSA) is 46.2 Å². The van der Waals surface area contributed by atoms with E-state index >= 15 is 0 Å². The standard InChI is InChI=1S/C12H12ClNO2S2/c13-8-7-10-3-5-11(6-4-10)14-18(15,16)12-2-1-9-17-12/h1-6,9,14H,7-8H2. The number of sulfonamides is 1. The van der Waals surface area contributed by atoms with E-state index in [1.165, 1.54) is 11.3 Å². The SMILES string of the molecule is O=S(=O)(Nc1ccc(CCCl)cc1)c1cccs1. The summed E-state index contributed by atoms with van der Waals surface area (Å²) in [5.74, 6) is 0.556. The van der Waals surface area contributed by atoms with Crippen LogP contribution in [-0.4, -0.2) is 14.3 Å². The van der Waals surface area contributed by atoms with Crippen LogP contribution in [0.4, 0.5) is 5.69 Å². The monoisotopic (exact) mass is 301 g/mol. The summed E-state index contributed by atoms with van der Waals surface area (Å²) in [5, 5.41) is 1.73. The molecule has 1 N–H and O–H groups in total. The molecule has 6 heteroatoms. The zero-order valence-electron chi connectivity index (χ0n) is 9.47. The second-order valence-electron chi connectivity index (χ2n) is 3.67. The van der Waals surface area contributed by atoms with Gasteiger partial charge < -0.3 is 0 Å². The number of alkyl halides is 1. The van der Waals surface area contributed by atoms with Gasteiger partial charge >= 0.3 is 0 Å². The molecule has 0 bridgehead atoms. The van der Waals surface area contributed by atoms with Crippen LogP contribution >= 0.6 is 22.9 Å². The lowest BCUT2D eigenvalue weighted by atomic mass is 10.2. The van der Waals surface area contributed by atoms with Gasteiger partial charge in [-0.25, -0.2) is 8.42 Å². The predicted molar refractivity (Wildman–Crippen MR) is 76.0 cm³/mol. The number of thiophene rings is 1. The number of halogens is 1. The molecule has 0 amide bonds. The van der Waals surface area contributed by atoms with Crippen molar-refractivity contribution in [2.75, 3.05) is 10.6 Å². The minimum absolute atomic E-state index is 0.312. The maximum Gasteiger partial charge on any atom is 0.271 e. The quantitative estimate of drug-likeness (QED) is 0.861. The molecule has 0 atom stereocenters. The van der Waals surface area contributed by atoms with Gasteiger partial charge in [-0.1, -0.05) is 18.2 Å². The minimum atomic E-state index is -3.45. The summed E-state index contributed by atoms with van der Waals surface area (Å²) >= 11 is 6.83. The molecule has 0 fully saturated rings. The van der Waals surface area contributed by atoms with Crippen LogP contribution in [0.5, 0.6) is 0 Å². The van der Waals surface area contributed by atoms with Crippen molar-refractivity contribution in [2.24, 2.45) is 0 Å². The molecule has 0 unspecified atom stereocenters. The van der Waals surface area contributed by atoms with Crippen LogP contribution in [-0.2, 0) is 16.4 Å². The minimum Gasteiger partial charge on any atom is -0.279 e. The van der Waals surface area contributed by atoms with Crippen molar-refractivity contribution >= 4 is 38.6 Å². The summed E-state index contributed by atoms with van der Waals surface area (Å²) in [6, 6.07) is 10.5. The Hall–Kier alpha value is -1.04. The maximum atomic E-state index is 12.0. The first kappa shape index (κ1) is 13.4. The van der Waals surface area contributed by atoms with Crippen LogP contribution in [0.15, 0.2) is 46.0 Å². The third kappa shape index (κ3) is 3.25. The molecule has 0 saturated heterocycles. The van der Waals surface area contributed by atoms with Gasteiger partial charge in [0, 0.05) is 11.6 Å². The molecule has 1 heterocycles. The van der Waals surface area contributed by atoms with Crippen LogP contribution in [0.3, 0.4) is 0 Å². The van der Waals surface area contributed by atoms with Crippen LogP contribution in [0.25, 0.3) is 0 Å².